The first-order valence-electron chi connectivity index (χ1n) is 9.20. The van der Waals surface area contributed by atoms with E-state index in [4.69, 9.17) is 4.74 Å². The van der Waals surface area contributed by atoms with E-state index in [0.717, 1.165) is 28.4 Å². The standard InChI is InChI=1S/C22H26N4O/c1-4-27-21-13-16(2)9-10-18(21)14-25-22(23-3)26-15-20-19-8-6-5-7-17(19)11-12-24-20/h5-13H,4,14-15H2,1-3H3,(H2,23,25,26). The van der Waals surface area contributed by atoms with E-state index in [1.807, 2.05) is 31.3 Å². The van der Waals surface area contributed by atoms with Crippen molar-refractivity contribution < 1.29 is 4.74 Å². The Balaban J connectivity index is 1.65. The second-order valence-electron chi connectivity index (χ2n) is 6.30. The van der Waals surface area contributed by atoms with Crippen molar-refractivity contribution in [1.82, 2.24) is 15.6 Å². The number of nitrogens with zero attached hydrogens (tertiary/aromatic N) is 2. The number of ether oxygens (including phenoxy) is 1. The van der Waals surface area contributed by atoms with Crippen LogP contribution in [0.2, 0.25) is 0 Å². The van der Waals surface area contributed by atoms with E-state index in [0.29, 0.717) is 19.7 Å². The van der Waals surface area contributed by atoms with Crippen LogP contribution < -0.4 is 15.4 Å². The minimum Gasteiger partial charge on any atom is -0.494 e. The Labute approximate surface area is 160 Å². The number of nitrogens with one attached hydrogen (secondary N) is 2. The van der Waals surface area contributed by atoms with Gasteiger partial charge in [0.05, 0.1) is 18.8 Å². The molecule has 27 heavy (non-hydrogen) atoms. The maximum atomic E-state index is 5.75. The number of aryl methyl sites for hydroxylation is 1. The molecule has 0 bridgehead atoms. The van der Waals surface area contributed by atoms with Crippen LogP contribution in [0.25, 0.3) is 10.8 Å². The third-order valence-electron chi connectivity index (χ3n) is 4.37. The number of benzene rings is 2. The molecule has 0 aliphatic heterocycles. The monoisotopic (exact) mass is 362 g/mol. The molecule has 0 radical (unpaired) electrons. The van der Waals surface area contributed by atoms with Gasteiger partial charge < -0.3 is 15.4 Å². The van der Waals surface area contributed by atoms with Gasteiger partial charge in [0.1, 0.15) is 5.75 Å². The third-order valence-corrected chi connectivity index (χ3v) is 4.37. The van der Waals surface area contributed by atoms with E-state index >= 15 is 0 Å². The summed E-state index contributed by atoms with van der Waals surface area (Å²) in [7, 11) is 1.77. The summed E-state index contributed by atoms with van der Waals surface area (Å²) in [6, 6.07) is 16.5. The SMILES string of the molecule is CCOc1cc(C)ccc1CNC(=NC)NCc1nccc2ccccc12. The van der Waals surface area contributed by atoms with Crippen molar-refractivity contribution in [2.75, 3.05) is 13.7 Å². The van der Waals surface area contributed by atoms with E-state index in [9.17, 15) is 0 Å². The lowest BCUT2D eigenvalue weighted by atomic mass is 10.1. The average Bonchev–Trinajstić information content (AvgIpc) is 2.69. The van der Waals surface area contributed by atoms with Gasteiger partial charge in [0.25, 0.3) is 0 Å². The maximum Gasteiger partial charge on any atom is 0.191 e. The van der Waals surface area contributed by atoms with Crippen molar-refractivity contribution in [3.05, 3.63) is 71.5 Å². The molecule has 1 aromatic heterocycles. The molecular weight excluding hydrogens is 336 g/mol. The van der Waals surface area contributed by atoms with Crippen molar-refractivity contribution in [2.45, 2.75) is 26.9 Å². The first kappa shape index (κ1) is 18.7. The summed E-state index contributed by atoms with van der Waals surface area (Å²) in [6.07, 6.45) is 1.84. The molecule has 0 spiro atoms. The molecule has 3 aromatic rings. The van der Waals surface area contributed by atoms with Crippen LogP contribution >= 0.6 is 0 Å². The molecule has 0 aliphatic rings. The minimum atomic E-state index is 0.604. The Bertz CT molecular complexity index is 931. The smallest absolute Gasteiger partial charge is 0.191 e. The molecule has 2 N–H and O–H groups in total. The van der Waals surface area contributed by atoms with Gasteiger partial charge in [-0.05, 0) is 36.9 Å². The normalized spacial score (nSPS) is 11.4. The van der Waals surface area contributed by atoms with Crippen molar-refractivity contribution in [3.63, 3.8) is 0 Å². The summed E-state index contributed by atoms with van der Waals surface area (Å²) in [5, 5.41) is 9.04. The van der Waals surface area contributed by atoms with E-state index in [-0.39, 0.29) is 0 Å². The van der Waals surface area contributed by atoms with E-state index in [1.54, 1.807) is 7.05 Å². The van der Waals surface area contributed by atoms with E-state index < -0.39 is 0 Å². The molecule has 0 unspecified atom stereocenters. The lowest BCUT2D eigenvalue weighted by molar-refractivity contribution is 0.336. The van der Waals surface area contributed by atoms with Gasteiger partial charge in [0.2, 0.25) is 0 Å². The van der Waals surface area contributed by atoms with Gasteiger partial charge in [-0.3, -0.25) is 9.98 Å². The number of guanidine groups is 1. The summed E-state index contributed by atoms with van der Waals surface area (Å²) in [5.41, 5.74) is 3.29. The molecule has 0 fully saturated rings. The van der Waals surface area contributed by atoms with Crippen molar-refractivity contribution >= 4 is 16.7 Å². The van der Waals surface area contributed by atoms with Crippen LogP contribution in [-0.2, 0) is 13.1 Å². The first-order valence-corrected chi connectivity index (χ1v) is 9.20. The van der Waals surface area contributed by atoms with Crippen LogP contribution in [0.4, 0.5) is 0 Å². The van der Waals surface area contributed by atoms with Crippen LogP contribution in [0.15, 0.2) is 59.7 Å². The highest BCUT2D eigenvalue weighted by Gasteiger charge is 2.07. The molecule has 0 saturated heterocycles. The zero-order valence-corrected chi connectivity index (χ0v) is 16.1. The fourth-order valence-electron chi connectivity index (χ4n) is 2.99. The Morgan fingerprint density at radius 1 is 1.07 bits per heavy atom. The number of hydrogen-bond acceptors (Lipinski definition) is 3. The minimum absolute atomic E-state index is 0.604. The summed E-state index contributed by atoms with van der Waals surface area (Å²) >= 11 is 0. The largest absolute Gasteiger partial charge is 0.494 e. The Hall–Kier alpha value is -3.08. The van der Waals surface area contributed by atoms with Gasteiger partial charge in [0.15, 0.2) is 5.96 Å². The van der Waals surface area contributed by atoms with Gasteiger partial charge in [-0.1, -0.05) is 36.4 Å². The number of rotatable bonds is 6. The highest BCUT2D eigenvalue weighted by molar-refractivity contribution is 5.85. The van der Waals surface area contributed by atoms with Gasteiger partial charge in [-0.15, -0.1) is 0 Å². The molecule has 1 heterocycles. The maximum absolute atomic E-state index is 5.75. The predicted molar refractivity (Wildman–Crippen MR) is 111 cm³/mol. The summed E-state index contributed by atoms with van der Waals surface area (Å²) in [6.45, 7) is 5.95. The third kappa shape index (κ3) is 4.76. The lowest BCUT2D eigenvalue weighted by Gasteiger charge is -2.15. The Kier molecular flexibility index (Phi) is 6.26. The van der Waals surface area contributed by atoms with Crippen LogP contribution in [0.1, 0.15) is 23.7 Å². The second-order valence-corrected chi connectivity index (χ2v) is 6.30. The molecule has 5 nitrogen and oxygen atoms in total. The average molecular weight is 362 g/mol. The Morgan fingerprint density at radius 3 is 2.70 bits per heavy atom. The van der Waals surface area contributed by atoms with E-state index in [2.05, 4.69) is 57.9 Å². The van der Waals surface area contributed by atoms with Crippen LogP contribution in [0.3, 0.4) is 0 Å². The number of pyridine rings is 1. The predicted octanol–water partition coefficient (Wildman–Crippen LogP) is 3.81. The lowest BCUT2D eigenvalue weighted by Crippen LogP contribution is -2.36. The topological polar surface area (TPSA) is 58.5 Å². The van der Waals surface area contributed by atoms with Crippen molar-refractivity contribution in [2.24, 2.45) is 4.99 Å². The van der Waals surface area contributed by atoms with Gasteiger partial charge >= 0.3 is 0 Å². The Morgan fingerprint density at radius 2 is 1.89 bits per heavy atom. The fraction of sp³-hybridized carbons (Fsp3) is 0.273. The molecule has 0 saturated carbocycles. The number of aromatic nitrogens is 1. The van der Waals surface area contributed by atoms with Crippen molar-refractivity contribution in [3.8, 4) is 5.75 Å². The molecule has 5 heteroatoms. The summed E-state index contributed by atoms with van der Waals surface area (Å²) in [4.78, 5) is 8.83. The summed E-state index contributed by atoms with van der Waals surface area (Å²) in [5.74, 6) is 1.64. The summed E-state index contributed by atoms with van der Waals surface area (Å²) < 4.78 is 5.75. The molecular formula is C22H26N4O. The van der Waals surface area contributed by atoms with Crippen LogP contribution in [-0.4, -0.2) is 24.6 Å². The van der Waals surface area contributed by atoms with Gasteiger partial charge in [-0.2, -0.15) is 0 Å². The van der Waals surface area contributed by atoms with Gasteiger partial charge in [-0.25, -0.2) is 0 Å². The number of aliphatic imine (C=N–C) groups is 1. The van der Waals surface area contributed by atoms with E-state index in [1.165, 1.54) is 10.9 Å². The second kappa shape index (κ2) is 9.03. The molecule has 3 rings (SSSR count). The molecule has 140 valence electrons. The van der Waals surface area contributed by atoms with Gasteiger partial charge in [0, 0.05) is 30.7 Å². The quantitative estimate of drug-likeness (QED) is 0.517. The highest BCUT2D eigenvalue weighted by Crippen LogP contribution is 2.20. The first-order chi connectivity index (χ1) is 13.2. The van der Waals surface area contributed by atoms with Crippen LogP contribution in [0, 0.1) is 6.92 Å². The molecule has 0 aliphatic carbocycles. The molecule has 0 atom stereocenters. The molecule has 2 aromatic carbocycles. The fourth-order valence-corrected chi connectivity index (χ4v) is 2.99. The zero-order chi connectivity index (χ0) is 19.1. The molecule has 0 amide bonds. The highest BCUT2D eigenvalue weighted by atomic mass is 16.5. The zero-order valence-electron chi connectivity index (χ0n) is 16.1. The van der Waals surface area contributed by atoms with Crippen LogP contribution in [0.5, 0.6) is 5.75 Å². The van der Waals surface area contributed by atoms with Crippen molar-refractivity contribution in [1.29, 1.82) is 0 Å². The number of fused-ring (bicyclic) bond motifs is 1. The number of hydrogen-bond donors (Lipinski definition) is 2.